The summed E-state index contributed by atoms with van der Waals surface area (Å²) in [6.07, 6.45) is 3.29. The third-order valence-electron chi connectivity index (χ3n) is 5.20. The van der Waals surface area contributed by atoms with Crippen LogP contribution in [0.25, 0.3) is 5.57 Å². The van der Waals surface area contributed by atoms with Gasteiger partial charge in [-0.1, -0.05) is 96.5 Å². The lowest BCUT2D eigenvalue weighted by molar-refractivity contribution is -0.123. The summed E-state index contributed by atoms with van der Waals surface area (Å²) in [6, 6.07) is 27.5. The summed E-state index contributed by atoms with van der Waals surface area (Å²) < 4.78 is 0. The van der Waals surface area contributed by atoms with Crippen molar-refractivity contribution in [3.05, 3.63) is 113 Å². The quantitative estimate of drug-likeness (QED) is 0.368. The molecule has 0 aliphatic rings. The Kier molecular flexibility index (Phi) is 9.51. The molecular weight excluding hydrogens is 420 g/mol. The lowest BCUT2D eigenvalue weighted by Gasteiger charge is -2.18. The second-order valence-corrected chi connectivity index (χ2v) is 7.87. The highest BCUT2D eigenvalue weighted by atomic mass is 35.5. The standard InChI is InChI=1S/C27H29ClN2O2/c28-25-16-8-7-14-23(25)20-30-27(32)26(17-19-31)29-18-9-15-24(21-10-3-1-4-11-21)22-12-5-2-6-13-22/h1-8,10-16,26,29,31H,9,17-20H2,(H,30,32). The van der Waals surface area contributed by atoms with Crippen LogP contribution in [0.1, 0.15) is 29.5 Å². The topological polar surface area (TPSA) is 61.4 Å². The summed E-state index contributed by atoms with van der Waals surface area (Å²) in [6.45, 7) is 0.911. The van der Waals surface area contributed by atoms with Gasteiger partial charge >= 0.3 is 0 Å². The van der Waals surface area contributed by atoms with Gasteiger partial charge in [0.2, 0.25) is 5.91 Å². The van der Waals surface area contributed by atoms with Crippen LogP contribution in [-0.4, -0.2) is 30.2 Å². The average Bonchev–Trinajstić information content (AvgIpc) is 2.84. The summed E-state index contributed by atoms with van der Waals surface area (Å²) in [5, 5.41) is 16.2. The second kappa shape index (κ2) is 12.8. The maximum atomic E-state index is 12.6. The Balaban J connectivity index is 1.60. The molecule has 1 atom stereocenters. The first kappa shape index (κ1) is 23.7. The van der Waals surface area contributed by atoms with E-state index in [0.29, 0.717) is 24.5 Å². The van der Waals surface area contributed by atoms with Gasteiger partial charge in [-0.3, -0.25) is 4.79 Å². The third kappa shape index (κ3) is 7.06. The van der Waals surface area contributed by atoms with E-state index in [1.807, 2.05) is 54.6 Å². The molecule has 166 valence electrons. The number of hydrogen-bond donors (Lipinski definition) is 3. The zero-order chi connectivity index (χ0) is 22.6. The van der Waals surface area contributed by atoms with Gasteiger partial charge in [-0.05, 0) is 47.7 Å². The van der Waals surface area contributed by atoms with E-state index >= 15 is 0 Å². The maximum Gasteiger partial charge on any atom is 0.237 e. The van der Waals surface area contributed by atoms with Gasteiger partial charge in [0.15, 0.2) is 0 Å². The summed E-state index contributed by atoms with van der Waals surface area (Å²) in [5.41, 5.74) is 4.34. The van der Waals surface area contributed by atoms with Crippen LogP contribution in [0.3, 0.4) is 0 Å². The second-order valence-electron chi connectivity index (χ2n) is 7.47. The van der Waals surface area contributed by atoms with Gasteiger partial charge in [0.05, 0.1) is 6.04 Å². The molecule has 0 aromatic heterocycles. The minimum Gasteiger partial charge on any atom is -0.396 e. The van der Waals surface area contributed by atoms with Crippen molar-refractivity contribution >= 4 is 23.1 Å². The fourth-order valence-corrected chi connectivity index (χ4v) is 3.72. The number of carbonyl (C=O) groups is 1. The molecule has 1 unspecified atom stereocenters. The molecule has 5 heteroatoms. The molecule has 32 heavy (non-hydrogen) atoms. The first-order chi connectivity index (χ1) is 15.7. The molecule has 3 aromatic rings. The maximum absolute atomic E-state index is 12.6. The molecule has 0 fully saturated rings. The van der Waals surface area contributed by atoms with Gasteiger partial charge in [0, 0.05) is 18.2 Å². The first-order valence-corrected chi connectivity index (χ1v) is 11.2. The van der Waals surface area contributed by atoms with E-state index in [0.717, 1.165) is 28.7 Å². The molecule has 0 aliphatic heterocycles. The van der Waals surface area contributed by atoms with Gasteiger partial charge in [-0.2, -0.15) is 0 Å². The van der Waals surface area contributed by atoms with Crippen molar-refractivity contribution in [1.82, 2.24) is 10.6 Å². The van der Waals surface area contributed by atoms with Crippen molar-refractivity contribution < 1.29 is 9.90 Å². The fraction of sp³-hybridized carbons (Fsp3) is 0.222. The molecule has 0 saturated heterocycles. The Morgan fingerprint density at radius 3 is 2.09 bits per heavy atom. The highest BCUT2D eigenvalue weighted by Gasteiger charge is 2.17. The Bertz CT molecular complexity index is 965. The van der Waals surface area contributed by atoms with Crippen LogP contribution in [-0.2, 0) is 11.3 Å². The minimum absolute atomic E-state index is 0.0632. The van der Waals surface area contributed by atoms with Crippen LogP contribution in [0.4, 0.5) is 0 Å². The highest BCUT2D eigenvalue weighted by Crippen LogP contribution is 2.23. The van der Waals surface area contributed by atoms with Gasteiger partial charge in [-0.15, -0.1) is 0 Å². The van der Waals surface area contributed by atoms with Crippen LogP contribution in [0.2, 0.25) is 5.02 Å². The number of nitrogens with one attached hydrogen (secondary N) is 2. The SMILES string of the molecule is O=C(NCc1ccccc1Cl)C(CCO)NCCC=C(c1ccccc1)c1ccccc1. The fourth-order valence-electron chi connectivity index (χ4n) is 3.51. The van der Waals surface area contributed by atoms with Crippen LogP contribution in [0, 0.1) is 0 Å². The number of amides is 1. The lowest BCUT2D eigenvalue weighted by atomic mass is 9.97. The van der Waals surface area contributed by atoms with E-state index in [1.165, 1.54) is 0 Å². The monoisotopic (exact) mass is 448 g/mol. The Hall–Kier alpha value is -2.92. The molecule has 0 bridgehead atoms. The normalized spacial score (nSPS) is 11.6. The third-order valence-corrected chi connectivity index (χ3v) is 5.57. The lowest BCUT2D eigenvalue weighted by Crippen LogP contribution is -2.44. The van der Waals surface area contributed by atoms with E-state index in [1.54, 1.807) is 6.07 Å². The number of benzene rings is 3. The average molecular weight is 449 g/mol. The van der Waals surface area contributed by atoms with Gasteiger partial charge in [0.1, 0.15) is 0 Å². The van der Waals surface area contributed by atoms with Crippen LogP contribution in [0.5, 0.6) is 0 Å². The first-order valence-electron chi connectivity index (χ1n) is 10.9. The number of rotatable bonds is 11. The molecule has 3 N–H and O–H groups in total. The van der Waals surface area contributed by atoms with Crippen LogP contribution < -0.4 is 10.6 Å². The Labute approximate surface area is 194 Å². The Morgan fingerprint density at radius 1 is 0.906 bits per heavy atom. The van der Waals surface area contributed by atoms with E-state index < -0.39 is 6.04 Å². The van der Waals surface area contributed by atoms with Crippen molar-refractivity contribution in [2.24, 2.45) is 0 Å². The smallest absolute Gasteiger partial charge is 0.237 e. The molecule has 0 radical (unpaired) electrons. The molecule has 0 saturated carbocycles. The zero-order valence-corrected chi connectivity index (χ0v) is 18.8. The number of halogens is 1. The number of carbonyl (C=O) groups excluding carboxylic acids is 1. The van der Waals surface area contributed by atoms with Gasteiger partial charge in [-0.25, -0.2) is 0 Å². The Morgan fingerprint density at radius 2 is 1.50 bits per heavy atom. The van der Waals surface area contributed by atoms with Crippen molar-refractivity contribution in [3.8, 4) is 0 Å². The van der Waals surface area contributed by atoms with Gasteiger partial charge in [0.25, 0.3) is 0 Å². The molecule has 0 aliphatic carbocycles. The van der Waals surface area contributed by atoms with Gasteiger partial charge < -0.3 is 15.7 Å². The largest absolute Gasteiger partial charge is 0.396 e. The number of hydrogen-bond acceptors (Lipinski definition) is 3. The van der Waals surface area contributed by atoms with E-state index in [2.05, 4.69) is 41.0 Å². The van der Waals surface area contributed by atoms with Crippen LogP contribution in [0.15, 0.2) is 91.0 Å². The molecular formula is C27H29ClN2O2. The predicted octanol–water partition coefficient (Wildman–Crippen LogP) is 4.82. The summed E-state index contributed by atoms with van der Waals surface area (Å²) >= 11 is 6.17. The molecule has 3 rings (SSSR count). The summed E-state index contributed by atoms with van der Waals surface area (Å²) in [7, 11) is 0. The molecule has 0 heterocycles. The zero-order valence-electron chi connectivity index (χ0n) is 18.0. The van der Waals surface area contributed by atoms with Crippen molar-refractivity contribution in [2.45, 2.75) is 25.4 Å². The number of aliphatic hydroxyl groups excluding tert-OH is 1. The molecule has 0 spiro atoms. The van der Waals surface area contributed by atoms with E-state index in [9.17, 15) is 9.90 Å². The molecule has 4 nitrogen and oxygen atoms in total. The number of aliphatic hydroxyl groups is 1. The summed E-state index contributed by atoms with van der Waals surface area (Å²) in [4.78, 5) is 12.6. The predicted molar refractivity (Wildman–Crippen MR) is 131 cm³/mol. The highest BCUT2D eigenvalue weighted by molar-refractivity contribution is 6.31. The summed E-state index contributed by atoms with van der Waals surface area (Å²) in [5.74, 6) is -0.144. The van der Waals surface area contributed by atoms with E-state index in [-0.39, 0.29) is 12.5 Å². The van der Waals surface area contributed by atoms with Crippen molar-refractivity contribution in [1.29, 1.82) is 0 Å². The molecule has 1 amide bonds. The van der Waals surface area contributed by atoms with Crippen molar-refractivity contribution in [3.63, 3.8) is 0 Å². The van der Waals surface area contributed by atoms with E-state index in [4.69, 9.17) is 11.6 Å². The van der Waals surface area contributed by atoms with Crippen molar-refractivity contribution in [2.75, 3.05) is 13.2 Å². The minimum atomic E-state index is -0.465. The molecule has 3 aromatic carbocycles. The van der Waals surface area contributed by atoms with Crippen LogP contribution >= 0.6 is 11.6 Å².